The Balaban J connectivity index is 1.48. The fourth-order valence-corrected chi connectivity index (χ4v) is 4.62. The van der Waals surface area contributed by atoms with Crippen molar-refractivity contribution in [1.29, 1.82) is 0 Å². The van der Waals surface area contributed by atoms with Crippen LogP contribution in [0.2, 0.25) is 0 Å². The number of nitrogens with zero attached hydrogens (tertiary/aromatic N) is 4. The number of aromatic nitrogens is 3. The molecule has 0 saturated carbocycles. The molecule has 11 nitrogen and oxygen atoms in total. The molecule has 38 heavy (non-hydrogen) atoms. The molecule has 0 unspecified atom stereocenters. The number of amides is 1. The fourth-order valence-electron chi connectivity index (χ4n) is 4.26. The number of likely N-dealkylation sites (N-methyl/N-ethyl adjacent to an activating group) is 1. The lowest BCUT2D eigenvalue weighted by atomic mass is 10.1. The maximum atomic E-state index is 12.7. The van der Waals surface area contributed by atoms with Crippen molar-refractivity contribution < 1.29 is 14.6 Å². The molecular formula is C26H31BrN6O5. The number of carbonyl (C=O) groups is 1. The highest BCUT2D eigenvalue weighted by molar-refractivity contribution is 9.10. The number of carbonyl (C=O) groups excluding carboxylic acids is 1. The van der Waals surface area contributed by atoms with E-state index < -0.39 is 17.2 Å². The number of aromatic amines is 1. The van der Waals surface area contributed by atoms with Gasteiger partial charge in [0.05, 0.1) is 10.2 Å². The lowest BCUT2D eigenvalue weighted by Gasteiger charge is -2.32. The van der Waals surface area contributed by atoms with Gasteiger partial charge in [-0.05, 0) is 91.2 Å². The first-order chi connectivity index (χ1) is 18.1. The molecule has 1 aliphatic rings. The molecule has 3 aromatic rings. The van der Waals surface area contributed by atoms with Gasteiger partial charge >= 0.3 is 5.69 Å². The van der Waals surface area contributed by atoms with Crippen LogP contribution in [-0.2, 0) is 0 Å². The Labute approximate surface area is 228 Å². The molecule has 2 aromatic carbocycles. The van der Waals surface area contributed by atoms with Crippen molar-refractivity contribution in [3.63, 3.8) is 0 Å². The second-order valence-electron chi connectivity index (χ2n) is 9.40. The minimum atomic E-state index is -0.839. The molecule has 4 rings (SSSR count). The quantitative estimate of drug-likeness (QED) is 0.342. The number of aryl methyl sites for hydroxylation is 2. The third-order valence-corrected chi connectivity index (χ3v) is 7.04. The van der Waals surface area contributed by atoms with Crippen LogP contribution in [0, 0.1) is 13.8 Å². The number of piperazine rings is 1. The number of nitrogens with one attached hydrogen (secondary N) is 2. The molecule has 12 heteroatoms. The van der Waals surface area contributed by atoms with Gasteiger partial charge in [0.1, 0.15) is 17.2 Å². The van der Waals surface area contributed by atoms with Crippen LogP contribution in [0.1, 0.15) is 28.0 Å². The summed E-state index contributed by atoms with van der Waals surface area (Å²) in [6.45, 7) is 8.89. The third-order valence-electron chi connectivity index (χ3n) is 6.40. The molecule has 0 bridgehead atoms. The number of aromatic hydroxyl groups is 1. The van der Waals surface area contributed by atoms with Crippen molar-refractivity contribution in [3.8, 4) is 22.9 Å². The summed E-state index contributed by atoms with van der Waals surface area (Å²) in [7, 11) is 2.10. The van der Waals surface area contributed by atoms with E-state index in [9.17, 15) is 19.5 Å². The van der Waals surface area contributed by atoms with E-state index >= 15 is 0 Å². The highest BCUT2D eigenvalue weighted by Crippen LogP contribution is 2.34. The summed E-state index contributed by atoms with van der Waals surface area (Å²) in [6.07, 6.45) is 0.741. The van der Waals surface area contributed by atoms with E-state index in [-0.39, 0.29) is 11.4 Å². The van der Waals surface area contributed by atoms with Crippen molar-refractivity contribution in [3.05, 3.63) is 72.5 Å². The van der Waals surface area contributed by atoms with Crippen LogP contribution in [0.5, 0.6) is 17.2 Å². The highest BCUT2D eigenvalue weighted by Gasteiger charge is 2.18. The van der Waals surface area contributed by atoms with Gasteiger partial charge in [0.15, 0.2) is 0 Å². The summed E-state index contributed by atoms with van der Waals surface area (Å²) >= 11 is 3.27. The van der Waals surface area contributed by atoms with E-state index in [1.807, 2.05) is 13.8 Å². The van der Waals surface area contributed by atoms with Crippen LogP contribution in [0.15, 0.2) is 44.4 Å². The molecule has 2 heterocycles. The average Bonchev–Trinajstić information content (AvgIpc) is 2.87. The molecule has 1 aromatic heterocycles. The van der Waals surface area contributed by atoms with Crippen LogP contribution < -0.4 is 21.3 Å². The normalized spacial score (nSPS) is 14.4. The molecule has 3 N–H and O–H groups in total. The first-order valence-corrected chi connectivity index (χ1v) is 13.1. The Hall–Kier alpha value is -3.48. The molecule has 1 fully saturated rings. The Morgan fingerprint density at radius 3 is 2.47 bits per heavy atom. The molecule has 0 atom stereocenters. The summed E-state index contributed by atoms with van der Waals surface area (Å²) in [5.74, 6) is 0.547. The number of ether oxygens (including phenoxy) is 1. The number of halogens is 1. The molecule has 0 radical (unpaired) electrons. The van der Waals surface area contributed by atoms with Gasteiger partial charge in [0.25, 0.3) is 11.5 Å². The second kappa shape index (κ2) is 11.9. The average molecular weight is 587 g/mol. The van der Waals surface area contributed by atoms with E-state index in [1.54, 1.807) is 24.3 Å². The van der Waals surface area contributed by atoms with E-state index in [0.29, 0.717) is 39.3 Å². The number of phenols is 1. The molecule has 1 aliphatic heterocycles. The van der Waals surface area contributed by atoms with Gasteiger partial charge in [0, 0.05) is 32.7 Å². The van der Waals surface area contributed by atoms with Crippen LogP contribution in [0.4, 0.5) is 0 Å². The number of H-pyrrole nitrogens is 1. The van der Waals surface area contributed by atoms with Gasteiger partial charge in [-0.2, -0.15) is 9.78 Å². The standard InChI is InChI=1S/C26H31BrN6O5/c1-16-13-18(14-17(2)23(16)38-19-5-6-21(34)20(27)15-19)33-26(37)29-25(36)22(30-33)24(35)28-7-4-8-32-11-9-31(3)10-12-32/h5-6,13-15,34H,4,7-12H2,1-3H3,(H,28,35)(H,29,36,37). The Kier molecular flexibility index (Phi) is 8.65. The lowest BCUT2D eigenvalue weighted by Crippen LogP contribution is -2.45. The van der Waals surface area contributed by atoms with E-state index in [2.05, 4.69) is 48.2 Å². The minimum absolute atomic E-state index is 0.0968. The van der Waals surface area contributed by atoms with E-state index in [0.717, 1.165) is 43.8 Å². The van der Waals surface area contributed by atoms with E-state index in [4.69, 9.17) is 4.74 Å². The maximum absolute atomic E-state index is 12.7. The van der Waals surface area contributed by atoms with Gasteiger partial charge in [-0.3, -0.25) is 14.6 Å². The summed E-state index contributed by atoms with van der Waals surface area (Å²) < 4.78 is 7.50. The Bertz CT molecular complexity index is 1420. The van der Waals surface area contributed by atoms with Gasteiger partial charge in [-0.15, -0.1) is 0 Å². The third kappa shape index (κ3) is 6.50. The van der Waals surface area contributed by atoms with Crippen molar-refractivity contribution in [2.75, 3.05) is 46.3 Å². The number of hydrogen-bond acceptors (Lipinski definition) is 8. The topological polar surface area (TPSA) is 133 Å². The number of rotatable bonds is 8. The van der Waals surface area contributed by atoms with Crippen LogP contribution in [-0.4, -0.2) is 81.9 Å². The minimum Gasteiger partial charge on any atom is -0.507 e. The van der Waals surface area contributed by atoms with Crippen LogP contribution in [0.3, 0.4) is 0 Å². The summed E-state index contributed by atoms with van der Waals surface area (Å²) in [5, 5.41) is 16.5. The second-order valence-corrected chi connectivity index (χ2v) is 10.3. The van der Waals surface area contributed by atoms with Gasteiger partial charge in [0.2, 0.25) is 5.69 Å². The Morgan fingerprint density at radius 1 is 1.13 bits per heavy atom. The molecule has 202 valence electrons. The van der Waals surface area contributed by atoms with Gasteiger partial charge in [-0.1, -0.05) is 0 Å². The summed E-state index contributed by atoms with van der Waals surface area (Å²) in [5.41, 5.74) is -0.179. The SMILES string of the molecule is Cc1cc(-n2nc(C(=O)NCCCN3CCN(C)CC3)c(=O)[nH]c2=O)cc(C)c1Oc1ccc(O)c(Br)c1. The highest BCUT2D eigenvalue weighted by atomic mass is 79.9. The van der Waals surface area contributed by atoms with Crippen molar-refractivity contribution in [2.24, 2.45) is 0 Å². The smallest absolute Gasteiger partial charge is 0.349 e. The monoisotopic (exact) mass is 586 g/mol. The number of hydrogen-bond donors (Lipinski definition) is 3. The largest absolute Gasteiger partial charge is 0.507 e. The van der Waals surface area contributed by atoms with Crippen molar-refractivity contribution in [1.82, 2.24) is 29.9 Å². The Morgan fingerprint density at radius 2 is 1.82 bits per heavy atom. The van der Waals surface area contributed by atoms with Gasteiger partial charge < -0.3 is 25.0 Å². The van der Waals surface area contributed by atoms with Crippen molar-refractivity contribution >= 4 is 21.8 Å². The fraction of sp³-hybridized carbons (Fsp3) is 0.385. The molecular weight excluding hydrogens is 556 g/mol. The predicted molar refractivity (Wildman–Crippen MR) is 147 cm³/mol. The zero-order valence-corrected chi connectivity index (χ0v) is 23.2. The van der Waals surface area contributed by atoms with Crippen molar-refractivity contribution in [2.45, 2.75) is 20.3 Å². The van der Waals surface area contributed by atoms with Crippen LogP contribution in [0.25, 0.3) is 5.69 Å². The first-order valence-electron chi connectivity index (χ1n) is 12.3. The zero-order chi connectivity index (χ0) is 27.4. The predicted octanol–water partition coefficient (Wildman–Crippen LogP) is 2.17. The first kappa shape index (κ1) is 27.6. The molecule has 1 saturated heterocycles. The summed E-state index contributed by atoms with van der Waals surface area (Å²) in [6, 6.07) is 8.16. The van der Waals surface area contributed by atoms with E-state index in [1.165, 1.54) is 6.07 Å². The van der Waals surface area contributed by atoms with Gasteiger partial charge in [-0.25, -0.2) is 4.79 Å². The number of benzene rings is 2. The molecule has 1 amide bonds. The molecule has 0 aliphatic carbocycles. The molecule has 0 spiro atoms. The zero-order valence-electron chi connectivity index (χ0n) is 21.6. The van der Waals surface area contributed by atoms with Crippen LogP contribution >= 0.6 is 15.9 Å². The number of phenolic OH excluding ortho intramolecular Hbond substituents is 1. The maximum Gasteiger partial charge on any atom is 0.349 e. The summed E-state index contributed by atoms with van der Waals surface area (Å²) in [4.78, 5) is 44.5. The lowest BCUT2D eigenvalue weighted by molar-refractivity contribution is 0.0940.